The molecular formula is C14H20F5N3O2. The second-order valence-corrected chi connectivity index (χ2v) is 4.89. The summed E-state index contributed by atoms with van der Waals surface area (Å²) in [4.78, 5) is 4.92. The molecule has 0 aliphatic rings. The molecule has 24 heavy (non-hydrogen) atoms. The van der Waals surface area contributed by atoms with Crippen molar-refractivity contribution in [2.24, 2.45) is 0 Å². The minimum atomic E-state index is -5.77. The van der Waals surface area contributed by atoms with Gasteiger partial charge in [-0.3, -0.25) is 10.9 Å². The number of hydrogen-bond donors (Lipinski definition) is 3. The Morgan fingerprint density at radius 1 is 1.17 bits per heavy atom. The molecule has 10 heteroatoms. The SMILES string of the molecule is CNOCCCNNC(C)c1cccc(OC(F)(F)C(F)(F)F)c1. The first-order valence-corrected chi connectivity index (χ1v) is 7.18. The van der Waals surface area contributed by atoms with Crippen LogP contribution in [-0.4, -0.2) is 32.5 Å². The van der Waals surface area contributed by atoms with Gasteiger partial charge in [0.1, 0.15) is 5.75 Å². The Morgan fingerprint density at radius 2 is 1.88 bits per heavy atom. The van der Waals surface area contributed by atoms with E-state index in [-0.39, 0.29) is 6.04 Å². The molecule has 0 aliphatic heterocycles. The number of alkyl halides is 5. The molecule has 0 aromatic heterocycles. The Bertz CT molecular complexity index is 500. The first kappa shape index (κ1) is 20.6. The van der Waals surface area contributed by atoms with Gasteiger partial charge in [-0.15, -0.1) is 0 Å². The molecule has 0 heterocycles. The summed E-state index contributed by atoms with van der Waals surface area (Å²) in [6.45, 7) is 2.79. The fraction of sp³-hybridized carbons (Fsp3) is 0.571. The topological polar surface area (TPSA) is 54.5 Å². The van der Waals surface area contributed by atoms with Crippen LogP contribution in [0.1, 0.15) is 24.9 Å². The lowest BCUT2D eigenvalue weighted by atomic mass is 10.1. The monoisotopic (exact) mass is 357 g/mol. The molecule has 0 spiro atoms. The fourth-order valence-corrected chi connectivity index (χ4v) is 1.70. The molecule has 0 fully saturated rings. The molecule has 0 amide bonds. The molecule has 0 bridgehead atoms. The van der Waals surface area contributed by atoms with Crippen molar-refractivity contribution < 1.29 is 31.5 Å². The third-order valence-corrected chi connectivity index (χ3v) is 2.95. The van der Waals surface area contributed by atoms with Crippen LogP contribution in [0.4, 0.5) is 22.0 Å². The van der Waals surface area contributed by atoms with Crippen LogP contribution < -0.4 is 21.1 Å². The quantitative estimate of drug-likeness (QED) is 0.342. The summed E-state index contributed by atoms with van der Waals surface area (Å²) in [7, 11) is 1.64. The Labute approximate surface area is 136 Å². The maximum Gasteiger partial charge on any atom is 0.499 e. The van der Waals surface area contributed by atoms with E-state index in [4.69, 9.17) is 4.84 Å². The highest BCUT2D eigenvalue weighted by Crippen LogP contribution is 2.37. The Balaban J connectivity index is 2.55. The van der Waals surface area contributed by atoms with E-state index in [1.54, 1.807) is 20.0 Å². The largest absolute Gasteiger partial charge is 0.499 e. The third-order valence-electron chi connectivity index (χ3n) is 2.95. The third kappa shape index (κ3) is 6.56. The molecule has 0 radical (unpaired) electrons. The molecular weight excluding hydrogens is 337 g/mol. The first-order valence-electron chi connectivity index (χ1n) is 7.18. The van der Waals surface area contributed by atoms with Gasteiger partial charge in [-0.05, 0) is 31.0 Å². The van der Waals surface area contributed by atoms with E-state index in [0.717, 1.165) is 12.1 Å². The van der Waals surface area contributed by atoms with Crippen molar-refractivity contribution in [3.63, 3.8) is 0 Å². The lowest BCUT2D eigenvalue weighted by Gasteiger charge is -2.21. The van der Waals surface area contributed by atoms with Crippen molar-refractivity contribution >= 4 is 0 Å². The van der Waals surface area contributed by atoms with Gasteiger partial charge in [0.25, 0.3) is 0 Å². The second-order valence-electron chi connectivity index (χ2n) is 4.89. The number of benzene rings is 1. The minimum absolute atomic E-state index is 0.335. The normalized spacial score (nSPS) is 13.8. The molecule has 0 saturated carbocycles. The number of nitrogens with one attached hydrogen (secondary N) is 3. The van der Waals surface area contributed by atoms with Gasteiger partial charge < -0.3 is 9.57 Å². The highest BCUT2D eigenvalue weighted by atomic mass is 19.4. The maximum absolute atomic E-state index is 12.9. The molecule has 3 N–H and O–H groups in total. The van der Waals surface area contributed by atoms with E-state index in [0.29, 0.717) is 25.1 Å². The fourth-order valence-electron chi connectivity index (χ4n) is 1.70. The number of hydrazine groups is 1. The zero-order chi connectivity index (χ0) is 18.2. The number of halogens is 5. The second kappa shape index (κ2) is 9.11. The van der Waals surface area contributed by atoms with E-state index in [2.05, 4.69) is 21.1 Å². The van der Waals surface area contributed by atoms with Crippen molar-refractivity contribution in [1.29, 1.82) is 0 Å². The lowest BCUT2D eigenvalue weighted by Crippen LogP contribution is -2.41. The molecule has 138 valence electrons. The number of hydrogen-bond acceptors (Lipinski definition) is 5. The van der Waals surface area contributed by atoms with E-state index in [1.807, 2.05) is 0 Å². The van der Waals surface area contributed by atoms with Crippen molar-refractivity contribution in [3.8, 4) is 5.75 Å². The van der Waals surface area contributed by atoms with E-state index in [9.17, 15) is 22.0 Å². The van der Waals surface area contributed by atoms with Crippen molar-refractivity contribution in [3.05, 3.63) is 29.8 Å². The van der Waals surface area contributed by atoms with Gasteiger partial charge in [-0.2, -0.15) is 22.0 Å². The average Bonchev–Trinajstić information content (AvgIpc) is 2.49. The van der Waals surface area contributed by atoms with Crippen LogP contribution in [0.25, 0.3) is 0 Å². The van der Waals surface area contributed by atoms with Crippen LogP contribution in [0.2, 0.25) is 0 Å². The summed E-state index contributed by atoms with van der Waals surface area (Å²) in [5, 5.41) is 0. The van der Waals surface area contributed by atoms with Gasteiger partial charge in [-0.25, -0.2) is 5.48 Å². The van der Waals surface area contributed by atoms with E-state index < -0.39 is 18.0 Å². The Kier molecular flexibility index (Phi) is 7.80. The number of ether oxygens (including phenoxy) is 1. The summed E-state index contributed by atoms with van der Waals surface area (Å²) in [5.74, 6) is -0.564. The zero-order valence-electron chi connectivity index (χ0n) is 13.2. The van der Waals surface area contributed by atoms with Gasteiger partial charge in [0.2, 0.25) is 0 Å². The van der Waals surface area contributed by atoms with E-state index >= 15 is 0 Å². The van der Waals surface area contributed by atoms with Crippen LogP contribution in [-0.2, 0) is 4.84 Å². The summed E-state index contributed by atoms with van der Waals surface area (Å²) >= 11 is 0. The molecule has 1 atom stereocenters. The van der Waals surface area contributed by atoms with Gasteiger partial charge in [-0.1, -0.05) is 12.1 Å². The molecule has 5 nitrogen and oxygen atoms in total. The van der Waals surface area contributed by atoms with Crippen molar-refractivity contribution in [2.75, 3.05) is 20.2 Å². The first-order chi connectivity index (χ1) is 11.2. The lowest BCUT2D eigenvalue weighted by molar-refractivity contribution is -0.360. The van der Waals surface area contributed by atoms with Crippen LogP contribution >= 0.6 is 0 Å². The Hall–Kier alpha value is -1.49. The number of hydroxylamine groups is 1. The van der Waals surface area contributed by atoms with Gasteiger partial charge in [0.15, 0.2) is 0 Å². The summed E-state index contributed by atoms with van der Waals surface area (Å²) in [6, 6.07) is 4.76. The predicted octanol–water partition coefficient (Wildman–Crippen LogP) is 2.92. The summed E-state index contributed by atoms with van der Waals surface area (Å²) < 4.78 is 66.1. The minimum Gasteiger partial charge on any atom is -0.426 e. The average molecular weight is 357 g/mol. The molecule has 1 aromatic rings. The van der Waals surface area contributed by atoms with Crippen LogP contribution in [0, 0.1) is 0 Å². The molecule has 1 aromatic carbocycles. The highest BCUT2D eigenvalue weighted by Gasteiger charge is 2.61. The predicted molar refractivity (Wildman–Crippen MR) is 77.3 cm³/mol. The Morgan fingerprint density at radius 3 is 2.50 bits per heavy atom. The molecule has 1 unspecified atom stereocenters. The smallest absolute Gasteiger partial charge is 0.426 e. The van der Waals surface area contributed by atoms with Gasteiger partial charge >= 0.3 is 12.3 Å². The molecule has 0 aliphatic carbocycles. The van der Waals surface area contributed by atoms with E-state index in [1.165, 1.54) is 6.07 Å². The summed E-state index contributed by atoms with van der Waals surface area (Å²) in [5.41, 5.74) is 8.83. The zero-order valence-corrected chi connectivity index (χ0v) is 13.2. The van der Waals surface area contributed by atoms with Crippen LogP contribution in [0.5, 0.6) is 5.75 Å². The summed E-state index contributed by atoms with van der Waals surface area (Å²) in [6.07, 6.45) is -10.3. The highest BCUT2D eigenvalue weighted by molar-refractivity contribution is 5.30. The van der Waals surface area contributed by atoms with Gasteiger partial charge in [0.05, 0.1) is 6.61 Å². The van der Waals surface area contributed by atoms with Crippen molar-refractivity contribution in [1.82, 2.24) is 16.3 Å². The number of rotatable bonds is 10. The van der Waals surface area contributed by atoms with Crippen molar-refractivity contribution in [2.45, 2.75) is 31.7 Å². The maximum atomic E-state index is 12.9. The van der Waals surface area contributed by atoms with Crippen LogP contribution in [0.15, 0.2) is 24.3 Å². The standard InChI is InChI=1S/C14H20F5N3O2/c1-10(22-21-7-4-8-23-20-2)11-5-3-6-12(9-11)24-14(18,19)13(15,16)17/h3,5-6,9-10,20-22H,4,7-8H2,1-2H3. The molecule has 1 rings (SSSR count). The van der Waals surface area contributed by atoms with Crippen LogP contribution in [0.3, 0.4) is 0 Å². The van der Waals surface area contributed by atoms with Gasteiger partial charge in [0, 0.05) is 19.6 Å². The molecule has 0 saturated heterocycles.